The summed E-state index contributed by atoms with van der Waals surface area (Å²) in [5.41, 5.74) is 0.622. The van der Waals surface area contributed by atoms with Gasteiger partial charge in [0.25, 0.3) is 0 Å². The average molecular weight is 450 g/mol. The summed E-state index contributed by atoms with van der Waals surface area (Å²) < 4.78 is 15.8. The molecule has 9 nitrogen and oxygen atoms in total. The van der Waals surface area contributed by atoms with Crippen molar-refractivity contribution in [3.05, 3.63) is 47.5 Å². The molecule has 176 valence electrons. The van der Waals surface area contributed by atoms with Gasteiger partial charge in [-0.1, -0.05) is 44.2 Å². The van der Waals surface area contributed by atoms with E-state index in [-0.39, 0.29) is 24.3 Å². The van der Waals surface area contributed by atoms with Gasteiger partial charge in [0.1, 0.15) is 12.2 Å². The molecule has 0 bridgehead atoms. The fraction of sp³-hybridized carbons (Fsp3) is 0.522. The van der Waals surface area contributed by atoms with Crippen molar-refractivity contribution in [2.75, 3.05) is 13.7 Å². The Morgan fingerprint density at radius 2 is 1.72 bits per heavy atom. The first-order chi connectivity index (χ1) is 15.2. The summed E-state index contributed by atoms with van der Waals surface area (Å²) in [7, 11) is 1.21. The number of methoxy groups -OCH3 is 1. The lowest BCUT2D eigenvalue weighted by molar-refractivity contribution is -0.183. The highest BCUT2D eigenvalue weighted by Crippen LogP contribution is 2.22. The number of Topliss-reactive ketones (excluding diaryl/α,β-unsaturated/α-hetero) is 1. The van der Waals surface area contributed by atoms with Crippen molar-refractivity contribution >= 4 is 17.7 Å². The van der Waals surface area contributed by atoms with E-state index in [2.05, 4.69) is 0 Å². The molecule has 2 rings (SSSR count). The largest absolute Gasteiger partial charge is 0.467 e. The first kappa shape index (κ1) is 25.7. The van der Waals surface area contributed by atoms with Crippen LogP contribution >= 0.6 is 0 Å². The first-order valence-electron chi connectivity index (χ1n) is 10.4. The Kier molecular flexibility index (Phi) is 9.52. The molecule has 0 aromatic heterocycles. The fourth-order valence-electron chi connectivity index (χ4n) is 3.34. The van der Waals surface area contributed by atoms with Gasteiger partial charge in [0.15, 0.2) is 18.3 Å². The van der Waals surface area contributed by atoms with Crippen LogP contribution in [0, 0.1) is 5.92 Å². The van der Waals surface area contributed by atoms with Crippen LogP contribution < -0.4 is 0 Å². The van der Waals surface area contributed by atoms with Crippen LogP contribution in [0.3, 0.4) is 0 Å². The van der Waals surface area contributed by atoms with Crippen molar-refractivity contribution in [3.63, 3.8) is 0 Å². The van der Waals surface area contributed by atoms with Crippen molar-refractivity contribution in [3.8, 4) is 0 Å². The van der Waals surface area contributed by atoms with Gasteiger partial charge in [-0.15, -0.1) is 0 Å². The SMILES string of the molecule is COC(=O)[C@H](Cc1ccccc1)O[C@@H](CC(C)C)C(=O)O[C@H]1C(=O)C(CO)=C[C@@H](O)[C@@H]1O. The Morgan fingerprint density at radius 1 is 1.06 bits per heavy atom. The number of esters is 2. The topological polar surface area (TPSA) is 140 Å². The number of ether oxygens (including phenoxy) is 3. The number of aliphatic hydroxyl groups excluding tert-OH is 3. The number of rotatable bonds is 10. The van der Waals surface area contributed by atoms with E-state index >= 15 is 0 Å². The third-order valence-electron chi connectivity index (χ3n) is 5.03. The van der Waals surface area contributed by atoms with Crippen molar-refractivity contribution in [1.29, 1.82) is 0 Å². The predicted octanol–water partition coefficient (Wildman–Crippen LogP) is 0.337. The Hall–Kier alpha value is -2.59. The van der Waals surface area contributed by atoms with Crippen LogP contribution in [0.1, 0.15) is 25.8 Å². The van der Waals surface area contributed by atoms with Crippen LogP contribution in [0.4, 0.5) is 0 Å². The van der Waals surface area contributed by atoms with Crippen LogP contribution in [-0.4, -0.2) is 77.3 Å². The number of aliphatic hydroxyl groups is 3. The van der Waals surface area contributed by atoms with Gasteiger partial charge in [0.2, 0.25) is 5.78 Å². The molecule has 1 aromatic carbocycles. The fourth-order valence-corrected chi connectivity index (χ4v) is 3.34. The molecule has 9 heteroatoms. The van der Waals surface area contributed by atoms with Crippen molar-refractivity contribution in [2.24, 2.45) is 5.92 Å². The minimum Gasteiger partial charge on any atom is -0.467 e. The maximum atomic E-state index is 12.9. The van der Waals surface area contributed by atoms with Gasteiger partial charge in [-0.25, -0.2) is 9.59 Å². The van der Waals surface area contributed by atoms with E-state index in [1.807, 2.05) is 19.9 Å². The second-order valence-electron chi connectivity index (χ2n) is 8.01. The molecule has 32 heavy (non-hydrogen) atoms. The van der Waals surface area contributed by atoms with Gasteiger partial charge < -0.3 is 29.5 Å². The quantitative estimate of drug-likeness (QED) is 0.430. The molecule has 0 amide bonds. The zero-order chi connectivity index (χ0) is 23.8. The normalized spacial score (nSPS) is 22.8. The molecule has 0 heterocycles. The predicted molar refractivity (Wildman–Crippen MR) is 112 cm³/mol. The number of carbonyl (C=O) groups is 3. The lowest BCUT2D eigenvalue weighted by atomic mass is 9.91. The van der Waals surface area contributed by atoms with E-state index in [9.17, 15) is 29.7 Å². The Labute approximate surface area is 186 Å². The summed E-state index contributed by atoms with van der Waals surface area (Å²) in [6, 6.07) is 9.04. The highest BCUT2D eigenvalue weighted by molar-refractivity contribution is 6.01. The van der Waals surface area contributed by atoms with Crippen molar-refractivity contribution in [1.82, 2.24) is 0 Å². The molecule has 1 aliphatic carbocycles. The second kappa shape index (κ2) is 11.9. The zero-order valence-electron chi connectivity index (χ0n) is 18.3. The molecule has 1 aromatic rings. The van der Waals surface area contributed by atoms with Gasteiger partial charge in [0, 0.05) is 12.0 Å². The number of benzene rings is 1. The van der Waals surface area contributed by atoms with Crippen molar-refractivity contribution < 1.29 is 43.9 Å². The molecule has 0 aliphatic heterocycles. The number of carbonyl (C=O) groups excluding carboxylic acids is 3. The average Bonchev–Trinajstić information content (AvgIpc) is 2.77. The monoisotopic (exact) mass is 450 g/mol. The van der Waals surface area contributed by atoms with E-state index in [1.54, 1.807) is 24.3 Å². The summed E-state index contributed by atoms with van der Waals surface area (Å²) in [6.07, 6.45) is -5.88. The highest BCUT2D eigenvalue weighted by Gasteiger charge is 2.42. The van der Waals surface area contributed by atoms with Crippen LogP contribution in [0.15, 0.2) is 42.0 Å². The van der Waals surface area contributed by atoms with Gasteiger partial charge in [0.05, 0.1) is 13.7 Å². The molecule has 5 atom stereocenters. The summed E-state index contributed by atoms with van der Waals surface area (Å²) in [6.45, 7) is 3.00. The Morgan fingerprint density at radius 3 is 2.28 bits per heavy atom. The molecule has 0 spiro atoms. The minimum absolute atomic E-state index is 0.0342. The standard InChI is InChI=1S/C23H30O9/c1-13(2)9-17(31-18(22(28)30-3)10-14-7-5-4-6-8-14)23(29)32-21-19(26)15(12-24)11-16(25)20(21)27/h4-8,11,13,16-18,20-21,24-25,27H,9-10,12H2,1-3H3/t16-,17+,18+,20+,21+/m1/s1. The highest BCUT2D eigenvalue weighted by atomic mass is 16.6. The lowest BCUT2D eigenvalue weighted by Crippen LogP contribution is -2.50. The Balaban J connectivity index is 2.21. The second-order valence-corrected chi connectivity index (χ2v) is 8.01. The summed E-state index contributed by atoms with van der Waals surface area (Å²) in [5.74, 6) is -2.49. The van der Waals surface area contributed by atoms with Gasteiger partial charge >= 0.3 is 11.9 Å². The molecule has 0 radical (unpaired) electrons. The van der Waals surface area contributed by atoms with E-state index in [4.69, 9.17) is 14.2 Å². The first-order valence-corrected chi connectivity index (χ1v) is 10.4. The van der Waals surface area contributed by atoms with Gasteiger partial charge in [-0.3, -0.25) is 4.79 Å². The molecule has 0 unspecified atom stereocenters. The third-order valence-corrected chi connectivity index (χ3v) is 5.03. The van der Waals surface area contributed by atoms with Crippen LogP contribution in [-0.2, 0) is 35.0 Å². The molecular formula is C23H30O9. The molecule has 1 aliphatic rings. The zero-order valence-corrected chi connectivity index (χ0v) is 18.3. The summed E-state index contributed by atoms with van der Waals surface area (Å²) >= 11 is 0. The van der Waals surface area contributed by atoms with E-state index < -0.39 is 54.8 Å². The molecule has 3 N–H and O–H groups in total. The molecule has 0 saturated carbocycles. The summed E-state index contributed by atoms with van der Waals surface area (Å²) in [4.78, 5) is 37.6. The van der Waals surface area contributed by atoms with Crippen molar-refractivity contribution in [2.45, 2.75) is 57.2 Å². The number of hydrogen-bond donors (Lipinski definition) is 3. The lowest BCUT2D eigenvalue weighted by Gasteiger charge is -2.31. The third kappa shape index (κ3) is 6.70. The minimum atomic E-state index is -1.70. The van der Waals surface area contributed by atoms with Gasteiger partial charge in [-0.05, 0) is 24.0 Å². The summed E-state index contributed by atoms with van der Waals surface area (Å²) in [5, 5.41) is 29.3. The molecule has 0 saturated heterocycles. The van der Waals surface area contributed by atoms with Crippen LogP contribution in [0.5, 0.6) is 0 Å². The number of ketones is 1. The molecule has 0 fully saturated rings. The van der Waals surface area contributed by atoms with E-state index in [0.29, 0.717) is 0 Å². The van der Waals surface area contributed by atoms with Crippen LogP contribution in [0.2, 0.25) is 0 Å². The van der Waals surface area contributed by atoms with E-state index in [0.717, 1.165) is 11.6 Å². The smallest absolute Gasteiger partial charge is 0.336 e. The maximum absolute atomic E-state index is 12.9. The van der Waals surface area contributed by atoms with E-state index in [1.165, 1.54) is 7.11 Å². The van der Waals surface area contributed by atoms with Crippen LogP contribution in [0.25, 0.3) is 0 Å². The molecular weight excluding hydrogens is 420 g/mol. The maximum Gasteiger partial charge on any atom is 0.336 e. The Bertz CT molecular complexity index is 818. The number of hydrogen-bond acceptors (Lipinski definition) is 9. The van der Waals surface area contributed by atoms with Gasteiger partial charge in [-0.2, -0.15) is 0 Å².